The molecular formula is C18H22N2O4S. The zero-order chi connectivity index (χ0) is 18.8. The van der Waals surface area contributed by atoms with Crippen molar-refractivity contribution >= 4 is 27.3 Å². The number of sulfonamides is 1. The van der Waals surface area contributed by atoms with Crippen LogP contribution in [-0.2, 0) is 14.8 Å². The van der Waals surface area contributed by atoms with Crippen molar-refractivity contribution in [1.29, 1.82) is 0 Å². The summed E-state index contributed by atoms with van der Waals surface area (Å²) in [5.74, 6) is 0.171. The summed E-state index contributed by atoms with van der Waals surface area (Å²) in [6.07, 6.45) is 0. The average molecular weight is 362 g/mol. The minimum atomic E-state index is -3.76. The van der Waals surface area contributed by atoms with Gasteiger partial charge in [-0.1, -0.05) is 17.7 Å². The van der Waals surface area contributed by atoms with Gasteiger partial charge in [-0.15, -0.1) is 0 Å². The first-order valence-electron chi connectivity index (χ1n) is 7.70. The van der Waals surface area contributed by atoms with Crippen molar-refractivity contribution in [2.75, 3.05) is 17.1 Å². The molecule has 0 radical (unpaired) electrons. The Morgan fingerprint density at radius 3 is 2.16 bits per heavy atom. The predicted molar refractivity (Wildman–Crippen MR) is 98.8 cm³/mol. The number of amides is 1. The van der Waals surface area contributed by atoms with Crippen LogP contribution in [0.2, 0.25) is 0 Å². The number of carbonyl (C=O) groups is 1. The Labute approximate surface area is 148 Å². The van der Waals surface area contributed by atoms with Crippen molar-refractivity contribution in [1.82, 2.24) is 0 Å². The first-order chi connectivity index (χ1) is 11.6. The summed E-state index contributed by atoms with van der Waals surface area (Å²) in [5.41, 5.74) is 3.10. The summed E-state index contributed by atoms with van der Waals surface area (Å²) in [6.45, 7) is 6.83. The van der Waals surface area contributed by atoms with Crippen molar-refractivity contribution in [2.45, 2.75) is 32.6 Å². The van der Waals surface area contributed by atoms with Crippen LogP contribution in [0.25, 0.3) is 0 Å². The van der Waals surface area contributed by atoms with Gasteiger partial charge in [0.2, 0.25) is 5.91 Å². The number of carbonyl (C=O) groups excluding carboxylic acids is 1. The lowest BCUT2D eigenvalue weighted by Gasteiger charge is -2.15. The molecule has 25 heavy (non-hydrogen) atoms. The topological polar surface area (TPSA) is 84.5 Å². The minimum Gasteiger partial charge on any atom is -0.495 e. The Morgan fingerprint density at radius 2 is 1.64 bits per heavy atom. The van der Waals surface area contributed by atoms with Crippen LogP contribution < -0.4 is 14.8 Å². The monoisotopic (exact) mass is 362 g/mol. The molecule has 0 aromatic heterocycles. The lowest BCUT2D eigenvalue weighted by atomic mass is 10.1. The average Bonchev–Trinajstić information content (AvgIpc) is 2.44. The van der Waals surface area contributed by atoms with E-state index in [0.717, 1.165) is 5.56 Å². The van der Waals surface area contributed by atoms with Gasteiger partial charge in [-0.05, 0) is 50.1 Å². The first-order valence-corrected chi connectivity index (χ1v) is 9.18. The molecule has 0 unspecified atom stereocenters. The highest BCUT2D eigenvalue weighted by Crippen LogP contribution is 2.30. The van der Waals surface area contributed by atoms with Crippen LogP contribution in [0.15, 0.2) is 35.2 Å². The smallest absolute Gasteiger partial charge is 0.262 e. The molecule has 2 aromatic rings. The maximum absolute atomic E-state index is 12.8. The minimum absolute atomic E-state index is 0.259. The van der Waals surface area contributed by atoms with Gasteiger partial charge in [0.1, 0.15) is 5.75 Å². The molecule has 2 N–H and O–H groups in total. The highest BCUT2D eigenvalue weighted by atomic mass is 32.2. The van der Waals surface area contributed by atoms with Crippen LogP contribution in [0.1, 0.15) is 23.6 Å². The second kappa shape index (κ2) is 7.14. The van der Waals surface area contributed by atoms with Crippen molar-refractivity contribution < 1.29 is 17.9 Å². The third-order valence-corrected chi connectivity index (χ3v) is 5.32. The molecule has 2 aromatic carbocycles. The Balaban J connectivity index is 2.43. The van der Waals surface area contributed by atoms with E-state index in [2.05, 4.69) is 10.0 Å². The van der Waals surface area contributed by atoms with Gasteiger partial charge in [0.15, 0.2) is 0 Å². The summed E-state index contributed by atoms with van der Waals surface area (Å²) < 4.78 is 33.4. The molecule has 134 valence electrons. The summed E-state index contributed by atoms with van der Waals surface area (Å²) >= 11 is 0. The fourth-order valence-electron chi connectivity index (χ4n) is 2.86. The number of nitrogens with one attached hydrogen (secondary N) is 2. The molecule has 0 atom stereocenters. The molecule has 2 rings (SSSR count). The Hall–Kier alpha value is -2.54. The van der Waals surface area contributed by atoms with Gasteiger partial charge in [-0.3, -0.25) is 9.52 Å². The van der Waals surface area contributed by atoms with Crippen LogP contribution in [0.5, 0.6) is 5.75 Å². The van der Waals surface area contributed by atoms with Gasteiger partial charge in [0.25, 0.3) is 10.0 Å². The molecule has 0 heterocycles. The number of hydrogen-bond acceptors (Lipinski definition) is 4. The Bertz CT molecular complexity index is 898. The van der Waals surface area contributed by atoms with Gasteiger partial charge in [-0.2, -0.15) is 0 Å². The highest BCUT2D eigenvalue weighted by molar-refractivity contribution is 7.92. The lowest BCUT2D eigenvalue weighted by Crippen LogP contribution is -2.16. The van der Waals surface area contributed by atoms with Gasteiger partial charge in [0, 0.05) is 6.92 Å². The SMILES string of the molecule is COc1ccc(NS(=O)(=O)c2c(C)cc(C)cc2C)cc1NC(C)=O. The van der Waals surface area contributed by atoms with Crippen LogP contribution in [-0.4, -0.2) is 21.4 Å². The fourth-order valence-corrected chi connectivity index (χ4v) is 4.36. The van der Waals surface area contributed by atoms with E-state index in [1.807, 2.05) is 19.1 Å². The number of methoxy groups -OCH3 is 1. The van der Waals surface area contributed by atoms with E-state index in [1.54, 1.807) is 26.0 Å². The van der Waals surface area contributed by atoms with Crippen LogP contribution in [0.3, 0.4) is 0 Å². The molecule has 0 aliphatic rings. The molecule has 0 spiro atoms. The maximum atomic E-state index is 12.8. The zero-order valence-corrected chi connectivity index (χ0v) is 15.7. The molecule has 0 saturated carbocycles. The third-order valence-electron chi connectivity index (χ3n) is 3.64. The molecule has 0 saturated heterocycles. The number of ether oxygens (including phenoxy) is 1. The lowest BCUT2D eigenvalue weighted by molar-refractivity contribution is -0.114. The van der Waals surface area contributed by atoms with Crippen molar-refractivity contribution in [2.24, 2.45) is 0 Å². The number of aryl methyl sites for hydroxylation is 3. The Kier molecular flexibility index (Phi) is 5.37. The highest BCUT2D eigenvalue weighted by Gasteiger charge is 2.20. The Morgan fingerprint density at radius 1 is 1.04 bits per heavy atom. The number of benzene rings is 2. The molecule has 1 amide bonds. The molecule has 0 bridgehead atoms. The van der Waals surface area contributed by atoms with E-state index in [9.17, 15) is 13.2 Å². The molecule has 7 heteroatoms. The van der Waals surface area contributed by atoms with E-state index in [-0.39, 0.29) is 10.8 Å². The summed E-state index contributed by atoms with van der Waals surface area (Å²) in [5, 5.41) is 2.62. The first kappa shape index (κ1) is 18.8. The summed E-state index contributed by atoms with van der Waals surface area (Å²) in [7, 11) is -2.28. The van der Waals surface area contributed by atoms with E-state index in [4.69, 9.17) is 4.74 Å². The van der Waals surface area contributed by atoms with Gasteiger partial charge >= 0.3 is 0 Å². The number of anilines is 2. The van der Waals surface area contributed by atoms with Crippen LogP contribution >= 0.6 is 0 Å². The second-order valence-corrected chi connectivity index (χ2v) is 7.55. The van der Waals surface area contributed by atoms with Crippen molar-refractivity contribution in [3.8, 4) is 5.75 Å². The van der Waals surface area contributed by atoms with E-state index in [0.29, 0.717) is 28.3 Å². The molecule has 6 nitrogen and oxygen atoms in total. The zero-order valence-electron chi connectivity index (χ0n) is 14.9. The third kappa shape index (κ3) is 4.30. The summed E-state index contributed by atoms with van der Waals surface area (Å²) in [4.78, 5) is 11.6. The number of rotatable bonds is 5. The van der Waals surface area contributed by atoms with Crippen LogP contribution in [0, 0.1) is 20.8 Å². The molecule has 0 fully saturated rings. The molecular weight excluding hydrogens is 340 g/mol. The maximum Gasteiger partial charge on any atom is 0.262 e. The fraction of sp³-hybridized carbons (Fsp3) is 0.278. The number of hydrogen-bond donors (Lipinski definition) is 2. The standard InChI is InChI=1S/C18H22N2O4S/c1-11-8-12(2)18(13(3)9-11)25(22,23)20-15-6-7-17(24-5)16(10-15)19-14(4)21/h6-10,20H,1-5H3,(H,19,21). The second-order valence-electron chi connectivity index (χ2n) is 5.93. The molecule has 0 aliphatic carbocycles. The molecule has 0 aliphatic heterocycles. The van der Waals surface area contributed by atoms with E-state index >= 15 is 0 Å². The van der Waals surface area contributed by atoms with Gasteiger partial charge in [-0.25, -0.2) is 8.42 Å². The van der Waals surface area contributed by atoms with E-state index in [1.165, 1.54) is 20.1 Å². The van der Waals surface area contributed by atoms with E-state index < -0.39 is 10.0 Å². The van der Waals surface area contributed by atoms with Crippen molar-refractivity contribution in [3.05, 3.63) is 47.0 Å². The van der Waals surface area contributed by atoms with Crippen LogP contribution in [0.4, 0.5) is 11.4 Å². The van der Waals surface area contributed by atoms with Crippen molar-refractivity contribution in [3.63, 3.8) is 0 Å². The largest absolute Gasteiger partial charge is 0.495 e. The van der Waals surface area contributed by atoms with Gasteiger partial charge in [0.05, 0.1) is 23.4 Å². The predicted octanol–water partition coefficient (Wildman–Crippen LogP) is 3.38. The quantitative estimate of drug-likeness (QED) is 0.854. The normalized spacial score (nSPS) is 11.1. The summed E-state index contributed by atoms with van der Waals surface area (Å²) in [6, 6.07) is 8.37. The van der Waals surface area contributed by atoms with Gasteiger partial charge < -0.3 is 10.1 Å².